The minimum atomic E-state index is -5.25. The van der Waals surface area contributed by atoms with E-state index in [4.69, 9.17) is 4.74 Å². The van der Waals surface area contributed by atoms with Crippen molar-refractivity contribution in [3.63, 3.8) is 0 Å². The molecule has 1 amide bonds. The van der Waals surface area contributed by atoms with Crippen molar-refractivity contribution >= 4 is 27.5 Å². The highest BCUT2D eigenvalue weighted by Crippen LogP contribution is 2.45. The Morgan fingerprint density at radius 1 is 1.10 bits per heavy atom. The van der Waals surface area contributed by atoms with Gasteiger partial charge in [0.2, 0.25) is 0 Å². The van der Waals surface area contributed by atoms with Gasteiger partial charge in [-0.25, -0.2) is 17.6 Å². The summed E-state index contributed by atoms with van der Waals surface area (Å²) >= 11 is 0. The van der Waals surface area contributed by atoms with Crippen molar-refractivity contribution in [3.8, 4) is 11.8 Å². The number of alkyl halides is 6. The number of hydrogen-bond acceptors (Lipinski definition) is 5. The number of nitrogens with zero attached hydrogens (tertiary/aromatic N) is 3. The predicted molar refractivity (Wildman–Crippen MR) is 131 cm³/mol. The Morgan fingerprint density at radius 2 is 1.71 bits per heavy atom. The van der Waals surface area contributed by atoms with Gasteiger partial charge in [-0.15, -0.1) is 0 Å². The van der Waals surface area contributed by atoms with E-state index < -0.39 is 79.7 Å². The number of fused-ring (bicyclic) bond motifs is 1. The van der Waals surface area contributed by atoms with Crippen LogP contribution in [0.1, 0.15) is 39.7 Å². The van der Waals surface area contributed by atoms with Gasteiger partial charge in [0, 0.05) is 6.42 Å². The summed E-state index contributed by atoms with van der Waals surface area (Å²) in [5.74, 6) is -1.99. The minimum absolute atomic E-state index is 0.0391. The Kier molecular flexibility index (Phi) is 7.96. The molecular weight excluding hydrogens is 587 g/mol. The van der Waals surface area contributed by atoms with E-state index in [0.717, 1.165) is 18.2 Å². The smallest absolute Gasteiger partial charge is 0.419 e. The van der Waals surface area contributed by atoms with Crippen LogP contribution in [0.25, 0.3) is 0 Å². The minimum Gasteiger partial charge on any atom is -0.486 e. The Balaban J connectivity index is 2.25. The zero-order valence-corrected chi connectivity index (χ0v) is 22.7. The summed E-state index contributed by atoms with van der Waals surface area (Å²) in [6.45, 7) is 3.60. The third-order valence-electron chi connectivity index (χ3n) is 6.45. The number of amides is 1. The quantitative estimate of drug-likeness (QED) is 0.370. The maximum absolute atomic E-state index is 13.9. The second kappa shape index (κ2) is 10.3. The van der Waals surface area contributed by atoms with E-state index in [1.165, 1.54) is 13.8 Å². The van der Waals surface area contributed by atoms with Crippen LogP contribution >= 0.6 is 0 Å². The molecule has 1 atom stereocenters. The van der Waals surface area contributed by atoms with Crippen molar-refractivity contribution in [2.75, 3.05) is 15.7 Å². The van der Waals surface area contributed by atoms with Crippen LogP contribution < -0.4 is 13.9 Å². The molecule has 0 fully saturated rings. The molecule has 0 saturated heterocycles. The molecule has 1 heterocycles. The molecule has 8 nitrogen and oxygen atoms in total. The van der Waals surface area contributed by atoms with Crippen LogP contribution in [-0.2, 0) is 16.2 Å². The Morgan fingerprint density at radius 3 is 2.22 bits per heavy atom. The van der Waals surface area contributed by atoms with Gasteiger partial charge < -0.3 is 9.84 Å². The van der Waals surface area contributed by atoms with Crippen molar-refractivity contribution in [1.29, 1.82) is 5.26 Å². The molecular formula is C25H24F7N3O5S. The van der Waals surface area contributed by atoms with E-state index in [0.29, 0.717) is 30.3 Å². The lowest BCUT2D eigenvalue weighted by molar-refractivity contribution is -0.175. The second-order valence-corrected chi connectivity index (χ2v) is 12.3. The van der Waals surface area contributed by atoms with Gasteiger partial charge in [-0.05, 0) is 64.1 Å². The van der Waals surface area contributed by atoms with Gasteiger partial charge in [0.25, 0.3) is 10.0 Å². The SMILES string of the molecule is CC(C)(C#N)C[C@@H]1CN(S(=O)(=O)c2ccc(F)c(C(F)(F)F)c2)c2cc(N(C(=O)O)C(C)(C)C(F)(F)F)ccc2O1. The number of benzene rings is 2. The largest absolute Gasteiger partial charge is 0.486 e. The van der Waals surface area contributed by atoms with Crippen LogP contribution in [-0.4, -0.2) is 44.0 Å². The predicted octanol–water partition coefficient (Wildman–Crippen LogP) is 6.57. The molecule has 0 radical (unpaired) electrons. The van der Waals surface area contributed by atoms with Crippen LogP contribution in [0.15, 0.2) is 41.3 Å². The van der Waals surface area contributed by atoms with Crippen LogP contribution in [0.2, 0.25) is 0 Å². The summed E-state index contributed by atoms with van der Waals surface area (Å²) in [4.78, 5) is 10.9. The molecule has 0 saturated carbocycles. The van der Waals surface area contributed by atoms with Crippen molar-refractivity contribution in [2.24, 2.45) is 5.41 Å². The van der Waals surface area contributed by atoms with Gasteiger partial charge in [-0.2, -0.15) is 31.6 Å². The van der Waals surface area contributed by atoms with Gasteiger partial charge in [0.1, 0.15) is 23.2 Å². The zero-order chi connectivity index (χ0) is 31.3. The van der Waals surface area contributed by atoms with E-state index >= 15 is 0 Å². The highest BCUT2D eigenvalue weighted by atomic mass is 32.2. The maximum atomic E-state index is 13.9. The Hall–Kier alpha value is -3.74. The van der Waals surface area contributed by atoms with E-state index in [1.807, 2.05) is 6.07 Å². The van der Waals surface area contributed by atoms with Gasteiger partial charge in [0.05, 0.1) is 39.9 Å². The number of hydrogen-bond donors (Lipinski definition) is 1. The fourth-order valence-corrected chi connectivity index (χ4v) is 5.72. The van der Waals surface area contributed by atoms with Crippen LogP contribution in [0.4, 0.5) is 46.9 Å². The normalized spacial score (nSPS) is 16.4. The zero-order valence-electron chi connectivity index (χ0n) is 21.9. The summed E-state index contributed by atoms with van der Waals surface area (Å²) in [5, 5.41) is 19.1. The summed E-state index contributed by atoms with van der Waals surface area (Å²) < 4.78 is 129. The topological polar surface area (TPSA) is 111 Å². The van der Waals surface area contributed by atoms with Crippen molar-refractivity contribution in [1.82, 2.24) is 0 Å². The lowest BCUT2D eigenvalue weighted by Crippen LogP contribution is -2.57. The number of nitriles is 1. The van der Waals surface area contributed by atoms with Gasteiger partial charge in [0.15, 0.2) is 0 Å². The summed E-state index contributed by atoms with van der Waals surface area (Å²) in [6, 6.07) is 5.73. The molecule has 0 aliphatic carbocycles. The first-order chi connectivity index (χ1) is 18.5. The number of sulfonamides is 1. The highest BCUT2D eigenvalue weighted by Gasteiger charge is 2.54. The molecule has 2 aromatic carbocycles. The van der Waals surface area contributed by atoms with Crippen LogP contribution in [0.3, 0.4) is 0 Å². The van der Waals surface area contributed by atoms with E-state index in [1.54, 1.807) is 0 Å². The first-order valence-corrected chi connectivity index (χ1v) is 13.2. The third-order valence-corrected chi connectivity index (χ3v) is 8.22. The molecule has 224 valence electrons. The molecule has 0 unspecified atom stereocenters. The summed E-state index contributed by atoms with van der Waals surface area (Å²) in [5.41, 5.74) is -7.02. The lowest BCUT2D eigenvalue weighted by atomic mass is 9.88. The fourth-order valence-electron chi connectivity index (χ4n) is 4.20. The Bertz CT molecular complexity index is 1500. The number of anilines is 2. The van der Waals surface area contributed by atoms with Gasteiger partial charge in [-0.1, -0.05) is 0 Å². The van der Waals surface area contributed by atoms with Crippen LogP contribution in [0, 0.1) is 22.6 Å². The molecule has 0 aromatic heterocycles. The average Bonchev–Trinajstić information content (AvgIpc) is 2.81. The first-order valence-electron chi connectivity index (χ1n) is 11.7. The van der Waals surface area contributed by atoms with E-state index in [2.05, 4.69) is 0 Å². The molecule has 3 rings (SSSR count). The third kappa shape index (κ3) is 6.14. The molecule has 0 spiro atoms. The second-order valence-electron chi connectivity index (χ2n) is 10.4. The lowest BCUT2D eigenvalue weighted by Gasteiger charge is -2.40. The van der Waals surface area contributed by atoms with Crippen molar-refractivity contribution in [2.45, 2.75) is 63.0 Å². The summed E-state index contributed by atoms with van der Waals surface area (Å²) in [6.07, 6.45) is -13.5. The maximum Gasteiger partial charge on any atom is 0.419 e. The summed E-state index contributed by atoms with van der Waals surface area (Å²) in [7, 11) is -4.98. The molecule has 41 heavy (non-hydrogen) atoms. The van der Waals surface area contributed by atoms with Gasteiger partial charge >= 0.3 is 18.4 Å². The standard InChI is InChI=1S/C25H24F7N3O5S/c1-22(2,13-33)11-15-12-34(41(38,39)16-6-7-18(26)17(10-16)24(27,28)29)19-9-14(5-8-20(19)40-15)35(21(36)37)23(3,4)25(30,31)32/h5-10,15H,11-12H2,1-4H3,(H,36,37)/t15-/m1/s1. The van der Waals surface area contributed by atoms with Gasteiger partial charge in [-0.3, -0.25) is 9.21 Å². The number of carbonyl (C=O) groups is 1. The molecule has 1 aliphatic heterocycles. The van der Waals surface area contributed by atoms with E-state index in [9.17, 15) is 54.3 Å². The highest BCUT2D eigenvalue weighted by molar-refractivity contribution is 7.92. The molecule has 16 heteroatoms. The molecule has 1 aliphatic rings. The number of carboxylic acid groups (broad SMARTS) is 1. The monoisotopic (exact) mass is 611 g/mol. The number of halogens is 7. The fraction of sp³-hybridized carbons (Fsp3) is 0.440. The van der Waals surface area contributed by atoms with E-state index in [-0.39, 0.29) is 23.1 Å². The number of ether oxygens (including phenoxy) is 1. The Labute approximate surface area is 230 Å². The average molecular weight is 612 g/mol. The number of rotatable bonds is 6. The van der Waals surface area contributed by atoms with Crippen LogP contribution in [0.5, 0.6) is 5.75 Å². The molecule has 1 N–H and O–H groups in total. The first kappa shape index (κ1) is 31.8. The molecule has 2 aromatic rings. The van der Waals surface area contributed by atoms with Crippen molar-refractivity contribution in [3.05, 3.63) is 47.8 Å². The molecule has 0 bridgehead atoms. The van der Waals surface area contributed by atoms with Crippen molar-refractivity contribution < 1.29 is 53.8 Å².